The number of rotatable bonds is 5. The number of benzene rings is 1. The molecule has 2 nitrogen and oxygen atoms in total. The van der Waals surface area contributed by atoms with Crippen LogP contribution in [0.15, 0.2) is 18.2 Å². The summed E-state index contributed by atoms with van der Waals surface area (Å²) in [5.41, 5.74) is 0.0633. The fourth-order valence-corrected chi connectivity index (χ4v) is 3.03. The van der Waals surface area contributed by atoms with Crippen LogP contribution in [0.5, 0.6) is 5.75 Å². The smallest absolute Gasteiger partial charge is 0.144 e. The first-order chi connectivity index (χ1) is 9.70. The summed E-state index contributed by atoms with van der Waals surface area (Å²) in [6.07, 6.45) is 7.63. The Morgan fingerprint density at radius 2 is 2.15 bits per heavy atom. The van der Waals surface area contributed by atoms with E-state index >= 15 is 0 Å². The molecule has 108 valence electrons. The van der Waals surface area contributed by atoms with Crippen LogP contribution in [-0.4, -0.2) is 6.61 Å². The fraction of sp³-hybridized carbons (Fsp3) is 0.588. The highest BCUT2D eigenvalue weighted by atomic mass is 19.1. The molecule has 2 atom stereocenters. The average molecular weight is 275 g/mol. The van der Waals surface area contributed by atoms with E-state index in [9.17, 15) is 4.39 Å². The van der Waals surface area contributed by atoms with Crippen molar-refractivity contribution >= 4 is 0 Å². The summed E-state index contributed by atoms with van der Waals surface area (Å²) in [7, 11) is 0. The van der Waals surface area contributed by atoms with Crippen molar-refractivity contribution in [2.45, 2.75) is 45.4 Å². The monoisotopic (exact) mass is 275 g/mol. The maximum atomic E-state index is 13.4. The SMILES string of the molecule is CC1CCCCC1CCCOc1ccc(C#N)c(F)c1. The molecule has 1 aromatic carbocycles. The quantitative estimate of drug-likeness (QED) is 0.731. The highest BCUT2D eigenvalue weighted by molar-refractivity contribution is 5.36. The molecule has 1 fully saturated rings. The van der Waals surface area contributed by atoms with Crippen LogP contribution in [0.1, 0.15) is 51.0 Å². The van der Waals surface area contributed by atoms with Gasteiger partial charge in [-0.2, -0.15) is 5.26 Å². The van der Waals surface area contributed by atoms with Crippen molar-refractivity contribution in [2.24, 2.45) is 11.8 Å². The van der Waals surface area contributed by atoms with E-state index in [1.165, 1.54) is 44.2 Å². The van der Waals surface area contributed by atoms with E-state index in [2.05, 4.69) is 6.92 Å². The third kappa shape index (κ3) is 3.96. The molecule has 0 aliphatic heterocycles. The predicted molar refractivity (Wildman–Crippen MR) is 77.0 cm³/mol. The first-order valence-corrected chi connectivity index (χ1v) is 7.53. The molecule has 1 aliphatic rings. The lowest BCUT2D eigenvalue weighted by Gasteiger charge is -2.28. The minimum Gasteiger partial charge on any atom is -0.493 e. The minimum absolute atomic E-state index is 0.0633. The zero-order valence-electron chi connectivity index (χ0n) is 12.1. The van der Waals surface area contributed by atoms with Crippen LogP contribution < -0.4 is 4.74 Å². The molecule has 20 heavy (non-hydrogen) atoms. The van der Waals surface area contributed by atoms with E-state index in [4.69, 9.17) is 10.00 Å². The van der Waals surface area contributed by atoms with Gasteiger partial charge in [0, 0.05) is 6.07 Å². The average Bonchev–Trinajstić information content (AvgIpc) is 2.45. The molecule has 1 saturated carbocycles. The second kappa shape index (κ2) is 7.28. The van der Waals surface area contributed by atoms with Gasteiger partial charge in [0.1, 0.15) is 17.6 Å². The molecule has 0 radical (unpaired) electrons. The van der Waals surface area contributed by atoms with Crippen LogP contribution in [0, 0.1) is 29.0 Å². The minimum atomic E-state index is -0.508. The van der Waals surface area contributed by atoms with E-state index in [-0.39, 0.29) is 5.56 Å². The van der Waals surface area contributed by atoms with E-state index in [1.54, 1.807) is 6.07 Å². The lowest BCUT2D eigenvalue weighted by molar-refractivity contribution is 0.217. The van der Waals surface area contributed by atoms with Gasteiger partial charge in [0.15, 0.2) is 0 Å². The number of nitrogens with zero attached hydrogens (tertiary/aromatic N) is 1. The third-order valence-corrected chi connectivity index (χ3v) is 4.34. The molecule has 0 bridgehead atoms. The number of halogens is 1. The molecule has 2 rings (SSSR count). The molecule has 0 N–H and O–H groups in total. The van der Waals surface area contributed by atoms with Crippen molar-refractivity contribution < 1.29 is 9.13 Å². The van der Waals surface area contributed by atoms with Crippen LogP contribution in [0.4, 0.5) is 4.39 Å². The Hall–Kier alpha value is -1.56. The predicted octanol–water partition coefficient (Wildman–Crippen LogP) is 4.68. The number of hydrogen-bond acceptors (Lipinski definition) is 2. The van der Waals surface area contributed by atoms with Crippen LogP contribution in [0.3, 0.4) is 0 Å². The summed E-state index contributed by atoms with van der Waals surface area (Å²) in [4.78, 5) is 0. The number of ether oxygens (including phenoxy) is 1. The highest BCUT2D eigenvalue weighted by Gasteiger charge is 2.20. The first-order valence-electron chi connectivity index (χ1n) is 7.53. The van der Waals surface area contributed by atoms with Crippen molar-refractivity contribution in [3.63, 3.8) is 0 Å². The second-order valence-electron chi connectivity index (χ2n) is 5.77. The van der Waals surface area contributed by atoms with Gasteiger partial charge in [0.25, 0.3) is 0 Å². The maximum Gasteiger partial charge on any atom is 0.144 e. The summed E-state index contributed by atoms with van der Waals surface area (Å²) >= 11 is 0. The molecule has 1 aliphatic carbocycles. The first kappa shape index (κ1) is 14.8. The maximum absolute atomic E-state index is 13.4. The molecular weight excluding hydrogens is 253 g/mol. The Kier molecular flexibility index (Phi) is 5.40. The normalized spacial score (nSPS) is 22.2. The van der Waals surface area contributed by atoms with E-state index < -0.39 is 5.82 Å². The van der Waals surface area contributed by atoms with Crippen LogP contribution >= 0.6 is 0 Å². The Labute approximate surface area is 120 Å². The molecule has 0 amide bonds. The summed E-state index contributed by atoms with van der Waals surface area (Å²) < 4.78 is 19.0. The molecule has 1 aromatic rings. The Balaban J connectivity index is 1.73. The second-order valence-corrected chi connectivity index (χ2v) is 5.77. The standard InChI is InChI=1S/C17H22FNO/c1-13-5-2-3-6-14(13)7-4-10-20-16-9-8-15(12-19)17(18)11-16/h8-9,11,13-14H,2-7,10H2,1H3. The largest absolute Gasteiger partial charge is 0.493 e. The van der Waals surface area contributed by atoms with Crippen LogP contribution in [0.25, 0.3) is 0 Å². The molecule has 0 saturated heterocycles. The van der Waals surface area contributed by atoms with Gasteiger partial charge in [0.2, 0.25) is 0 Å². The van der Waals surface area contributed by atoms with Gasteiger partial charge in [-0.1, -0.05) is 32.6 Å². The number of hydrogen-bond donors (Lipinski definition) is 0. The van der Waals surface area contributed by atoms with Crippen LogP contribution in [-0.2, 0) is 0 Å². The van der Waals surface area contributed by atoms with Gasteiger partial charge in [-0.15, -0.1) is 0 Å². The molecule has 0 heterocycles. The Morgan fingerprint density at radius 1 is 1.35 bits per heavy atom. The molecule has 2 unspecified atom stereocenters. The summed E-state index contributed by atoms with van der Waals surface area (Å²) in [6.45, 7) is 2.97. The molecular formula is C17H22FNO. The summed E-state index contributed by atoms with van der Waals surface area (Å²) in [5, 5.41) is 8.66. The van der Waals surface area contributed by atoms with Crippen molar-refractivity contribution in [3.8, 4) is 11.8 Å². The summed E-state index contributed by atoms with van der Waals surface area (Å²) in [6, 6.07) is 6.22. The van der Waals surface area contributed by atoms with Crippen molar-refractivity contribution in [2.75, 3.05) is 6.61 Å². The van der Waals surface area contributed by atoms with E-state index in [1.807, 2.05) is 6.07 Å². The topological polar surface area (TPSA) is 33.0 Å². The van der Waals surface area contributed by atoms with Gasteiger partial charge >= 0.3 is 0 Å². The lowest BCUT2D eigenvalue weighted by Crippen LogP contribution is -2.17. The van der Waals surface area contributed by atoms with Gasteiger partial charge in [0.05, 0.1) is 12.2 Å². The van der Waals surface area contributed by atoms with E-state index in [0.29, 0.717) is 12.4 Å². The van der Waals surface area contributed by atoms with Gasteiger partial charge in [-0.3, -0.25) is 0 Å². The highest BCUT2D eigenvalue weighted by Crippen LogP contribution is 2.32. The van der Waals surface area contributed by atoms with Crippen molar-refractivity contribution in [1.29, 1.82) is 5.26 Å². The summed E-state index contributed by atoms with van der Waals surface area (Å²) in [5.74, 6) is 1.66. The lowest BCUT2D eigenvalue weighted by atomic mass is 9.78. The molecule has 0 aromatic heterocycles. The zero-order chi connectivity index (χ0) is 14.4. The fourth-order valence-electron chi connectivity index (χ4n) is 3.03. The van der Waals surface area contributed by atoms with Crippen molar-refractivity contribution in [3.05, 3.63) is 29.6 Å². The molecule has 3 heteroatoms. The zero-order valence-corrected chi connectivity index (χ0v) is 12.1. The Morgan fingerprint density at radius 3 is 2.85 bits per heavy atom. The van der Waals surface area contributed by atoms with Crippen LogP contribution in [0.2, 0.25) is 0 Å². The van der Waals surface area contributed by atoms with E-state index in [0.717, 1.165) is 18.3 Å². The Bertz CT molecular complexity index is 480. The third-order valence-electron chi connectivity index (χ3n) is 4.34. The molecule has 0 spiro atoms. The number of nitriles is 1. The van der Waals surface area contributed by atoms with Crippen molar-refractivity contribution in [1.82, 2.24) is 0 Å². The van der Waals surface area contributed by atoms with Gasteiger partial charge < -0.3 is 4.74 Å². The van der Waals surface area contributed by atoms with Gasteiger partial charge in [-0.05, 0) is 36.8 Å². The van der Waals surface area contributed by atoms with Gasteiger partial charge in [-0.25, -0.2) is 4.39 Å².